The van der Waals surface area contributed by atoms with E-state index in [1.54, 1.807) is 13.8 Å². The van der Waals surface area contributed by atoms with Gasteiger partial charge >= 0.3 is 6.18 Å². The van der Waals surface area contributed by atoms with Crippen LogP contribution in [0.4, 0.5) is 19.0 Å². The highest BCUT2D eigenvalue weighted by atomic mass is 32.2. The van der Waals surface area contributed by atoms with Crippen LogP contribution in [0.5, 0.6) is 0 Å². The summed E-state index contributed by atoms with van der Waals surface area (Å²) in [6.07, 6.45) is -3.21. The molecule has 0 aliphatic carbocycles. The standard InChI is InChI=1S/C10H12F3N3OS/c1-5(2)16-9-6(3-14-16)8(10(11,12)13)18-4-7(17)15-9/h3,5,8H,4H2,1-2H3,(H,15,17). The number of aromatic nitrogens is 2. The van der Waals surface area contributed by atoms with Gasteiger partial charge in [-0.1, -0.05) is 0 Å². The molecule has 4 nitrogen and oxygen atoms in total. The zero-order valence-corrected chi connectivity index (χ0v) is 10.6. The second-order valence-electron chi connectivity index (χ2n) is 4.27. The molecule has 1 aromatic rings. The lowest BCUT2D eigenvalue weighted by atomic mass is 10.2. The summed E-state index contributed by atoms with van der Waals surface area (Å²) >= 11 is 0.576. The Morgan fingerprint density at radius 3 is 2.78 bits per heavy atom. The Balaban J connectivity index is 2.50. The third-order valence-corrected chi connectivity index (χ3v) is 3.81. The fourth-order valence-electron chi connectivity index (χ4n) is 1.78. The maximum absolute atomic E-state index is 12.9. The molecule has 8 heteroatoms. The molecule has 1 unspecified atom stereocenters. The molecule has 100 valence electrons. The second-order valence-corrected chi connectivity index (χ2v) is 5.36. The Labute approximate surface area is 106 Å². The van der Waals surface area contributed by atoms with Gasteiger partial charge < -0.3 is 5.32 Å². The van der Waals surface area contributed by atoms with E-state index in [0.717, 1.165) is 0 Å². The molecular formula is C10H12F3N3OS. The summed E-state index contributed by atoms with van der Waals surface area (Å²) in [7, 11) is 0. The van der Waals surface area contributed by atoms with E-state index in [9.17, 15) is 18.0 Å². The fourth-order valence-corrected chi connectivity index (χ4v) is 2.71. The van der Waals surface area contributed by atoms with Gasteiger partial charge in [0.2, 0.25) is 5.91 Å². The Morgan fingerprint density at radius 2 is 2.22 bits per heavy atom. The summed E-state index contributed by atoms with van der Waals surface area (Å²) in [6.45, 7) is 3.58. The van der Waals surface area contributed by atoms with Gasteiger partial charge in [-0.3, -0.25) is 4.79 Å². The van der Waals surface area contributed by atoms with Gasteiger partial charge in [0.15, 0.2) is 0 Å². The third-order valence-electron chi connectivity index (χ3n) is 2.53. The average Bonchev–Trinajstić information content (AvgIpc) is 2.53. The normalized spacial score (nSPS) is 20.6. The molecule has 1 amide bonds. The summed E-state index contributed by atoms with van der Waals surface area (Å²) in [5.41, 5.74) is 0.0204. The summed E-state index contributed by atoms with van der Waals surface area (Å²) in [5.74, 6) is -0.491. The molecule has 2 rings (SSSR count). The predicted octanol–water partition coefficient (Wildman–Crippen LogP) is 2.75. The van der Waals surface area contributed by atoms with Crippen LogP contribution >= 0.6 is 11.8 Å². The largest absolute Gasteiger partial charge is 0.404 e. The van der Waals surface area contributed by atoms with E-state index in [1.807, 2.05) is 0 Å². The first-order valence-electron chi connectivity index (χ1n) is 5.36. The number of fused-ring (bicyclic) bond motifs is 1. The van der Waals surface area contributed by atoms with Gasteiger partial charge in [-0.25, -0.2) is 4.68 Å². The number of thioether (sulfide) groups is 1. The van der Waals surface area contributed by atoms with Crippen LogP contribution in [0, 0.1) is 0 Å². The Hall–Kier alpha value is -1.18. The molecule has 0 aromatic carbocycles. The number of carbonyl (C=O) groups excluding carboxylic acids is 1. The minimum absolute atomic E-state index is 0.0204. The quantitative estimate of drug-likeness (QED) is 0.860. The highest BCUT2D eigenvalue weighted by Gasteiger charge is 2.45. The van der Waals surface area contributed by atoms with E-state index < -0.39 is 17.3 Å². The molecule has 1 atom stereocenters. The summed E-state index contributed by atoms with van der Waals surface area (Å²) in [4.78, 5) is 11.5. The molecule has 0 radical (unpaired) electrons. The zero-order valence-electron chi connectivity index (χ0n) is 9.78. The van der Waals surface area contributed by atoms with Gasteiger partial charge in [-0.15, -0.1) is 11.8 Å². The molecule has 0 spiro atoms. The monoisotopic (exact) mass is 279 g/mol. The van der Waals surface area contributed by atoms with Gasteiger partial charge in [0.25, 0.3) is 0 Å². The number of nitrogens with zero attached hydrogens (tertiary/aromatic N) is 2. The smallest absolute Gasteiger partial charge is 0.310 e. The number of amides is 1. The van der Waals surface area contributed by atoms with E-state index in [4.69, 9.17) is 0 Å². The van der Waals surface area contributed by atoms with Gasteiger partial charge in [-0.05, 0) is 13.8 Å². The van der Waals surface area contributed by atoms with Crippen LogP contribution in [0.1, 0.15) is 30.7 Å². The SMILES string of the molecule is CC(C)n1ncc2c1NC(=O)CSC2C(F)(F)F. The van der Waals surface area contributed by atoms with Gasteiger partial charge in [-0.2, -0.15) is 18.3 Å². The molecule has 0 fully saturated rings. The number of anilines is 1. The topological polar surface area (TPSA) is 46.9 Å². The van der Waals surface area contributed by atoms with Crippen molar-refractivity contribution in [2.45, 2.75) is 31.3 Å². The zero-order chi connectivity index (χ0) is 13.5. The van der Waals surface area contributed by atoms with Gasteiger partial charge in [0, 0.05) is 11.6 Å². The molecule has 1 aromatic heterocycles. The highest BCUT2D eigenvalue weighted by molar-refractivity contribution is 8.00. The minimum Gasteiger partial charge on any atom is -0.310 e. The fraction of sp³-hybridized carbons (Fsp3) is 0.600. The van der Waals surface area contributed by atoms with Crippen molar-refractivity contribution in [3.8, 4) is 0 Å². The van der Waals surface area contributed by atoms with E-state index >= 15 is 0 Å². The minimum atomic E-state index is -4.39. The van der Waals surface area contributed by atoms with Crippen LogP contribution in [0.3, 0.4) is 0 Å². The van der Waals surface area contributed by atoms with E-state index in [-0.39, 0.29) is 23.2 Å². The molecule has 18 heavy (non-hydrogen) atoms. The number of carbonyl (C=O) groups is 1. The molecule has 1 aliphatic rings. The van der Waals surface area contributed by atoms with Crippen molar-refractivity contribution >= 4 is 23.5 Å². The lowest BCUT2D eigenvalue weighted by molar-refractivity contribution is -0.129. The summed E-state index contributed by atoms with van der Waals surface area (Å²) in [6, 6.07) is -0.119. The summed E-state index contributed by atoms with van der Waals surface area (Å²) < 4.78 is 40.2. The second kappa shape index (κ2) is 4.49. The number of hydrogen-bond acceptors (Lipinski definition) is 3. The summed E-state index contributed by atoms with van der Waals surface area (Å²) in [5, 5.41) is 4.71. The number of alkyl halides is 3. The van der Waals surface area contributed by atoms with Crippen LogP contribution in [0.15, 0.2) is 6.20 Å². The predicted molar refractivity (Wildman–Crippen MR) is 62.5 cm³/mol. The van der Waals surface area contributed by atoms with Gasteiger partial charge in [0.05, 0.1) is 11.9 Å². The molecular weight excluding hydrogens is 267 g/mol. The highest BCUT2D eigenvalue weighted by Crippen LogP contribution is 2.47. The first-order chi connectivity index (χ1) is 8.30. The Morgan fingerprint density at radius 1 is 1.56 bits per heavy atom. The maximum Gasteiger partial charge on any atom is 0.404 e. The van der Waals surface area contributed by atoms with Crippen molar-refractivity contribution in [2.24, 2.45) is 0 Å². The van der Waals surface area contributed by atoms with Crippen LogP contribution in [-0.2, 0) is 4.79 Å². The first-order valence-corrected chi connectivity index (χ1v) is 6.41. The first kappa shape index (κ1) is 13.3. The van der Waals surface area contributed by atoms with E-state index in [0.29, 0.717) is 11.8 Å². The molecule has 0 saturated heterocycles. The van der Waals surface area contributed by atoms with Crippen molar-refractivity contribution in [1.82, 2.24) is 9.78 Å². The number of hydrogen-bond donors (Lipinski definition) is 1. The molecule has 0 saturated carbocycles. The van der Waals surface area contributed by atoms with Gasteiger partial charge in [0.1, 0.15) is 11.1 Å². The molecule has 2 heterocycles. The lowest BCUT2D eigenvalue weighted by Gasteiger charge is -2.17. The Kier molecular flexibility index (Phi) is 3.31. The van der Waals surface area contributed by atoms with Crippen molar-refractivity contribution in [3.63, 3.8) is 0 Å². The van der Waals surface area contributed by atoms with Crippen LogP contribution in [-0.4, -0.2) is 27.6 Å². The van der Waals surface area contributed by atoms with Crippen molar-refractivity contribution in [2.75, 3.05) is 11.1 Å². The average molecular weight is 279 g/mol. The van der Waals surface area contributed by atoms with E-state index in [2.05, 4.69) is 10.4 Å². The third kappa shape index (κ3) is 2.33. The van der Waals surface area contributed by atoms with Crippen molar-refractivity contribution in [3.05, 3.63) is 11.8 Å². The maximum atomic E-state index is 12.9. The molecule has 1 aliphatic heterocycles. The van der Waals surface area contributed by atoms with E-state index in [1.165, 1.54) is 10.9 Å². The number of nitrogens with one attached hydrogen (secondary N) is 1. The molecule has 0 bridgehead atoms. The number of rotatable bonds is 1. The van der Waals surface area contributed by atoms with Crippen LogP contribution in [0.25, 0.3) is 0 Å². The Bertz CT molecular complexity index is 469. The number of halogens is 3. The van der Waals surface area contributed by atoms with Crippen LogP contribution in [0.2, 0.25) is 0 Å². The van der Waals surface area contributed by atoms with Crippen molar-refractivity contribution < 1.29 is 18.0 Å². The van der Waals surface area contributed by atoms with Crippen LogP contribution < -0.4 is 5.32 Å². The van der Waals surface area contributed by atoms with Crippen molar-refractivity contribution in [1.29, 1.82) is 0 Å². The lowest BCUT2D eigenvalue weighted by Crippen LogP contribution is -2.18. The molecule has 1 N–H and O–H groups in total.